The summed E-state index contributed by atoms with van der Waals surface area (Å²) < 4.78 is 0. The van der Waals surface area contributed by atoms with Crippen LogP contribution in [0.3, 0.4) is 0 Å². The van der Waals surface area contributed by atoms with Gasteiger partial charge in [0, 0.05) is 22.5 Å². The van der Waals surface area contributed by atoms with E-state index in [1.165, 1.54) is 0 Å². The molecule has 2 unspecified atom stereocenters. The van der Waals surface area contributed by atoms with Crippen molar-refractivity contribution in [3.63, 3.8) is 0 Å². The van der Waals surface area contributed by atoms with Crippen molar-refractivity contribution in [2.45, 2.75) is 32.3 Å². The quantitative estimate of drug-likeness (QED) is 0.865. The molecule has 1 rings (SSSR count). The van der Waals surface area contributed by atoms with E-state index in [-0.39, 0.29) is 5.92 Å². The minimum Gasteiger partial charge on any atom is -0.392 e. The Kier molecular flexibility index (Phi) is 5.74. The average Bonchev–Trinajstić information content (AvgIpc) is 2.22. The third-order valence-corrected chi connectivity index (χ3v) is 3.46. The molecule has 0 bridgehead atoms. The first-order chi connectivity index (χ1) is 7.97. The Morgan fingerprint density at radius 2 is 1.76 bits per heavy atom. The molecule has 0 amide bonds. The molecule has 0 heterocycles. The molecular weight excluding hydrogens is 257 g/mol. The van der Waals surface area contributed by atoms with Crippen LogP contribution in [-0.2, 0) is 0 Å². The molecular formula is C13H19Cl2NO. The molecule has 1 aromatic rings. The van der Waals surface area contributed by atoms with Gasteiger partial charge in [0.05, 0.1) is 6.10 Å². The number of aliphatic hydroxyl groups is 1. The van der Waals surface area contributed by atoms with E-state index in [0.29, 0.717) is 28.9 Å². The fourth-order valence-electron chi connectivity index (χ4n) is 1.98. The Labute approximate surface area is 113 Å². The van der Waals surface area contributed by atoms with Crippen LogP contribution in [0, 0.1) is 5.92 Å². The van der Waals surface area contributed by atoms with Gasteiger partial charge in [-0.2, -0.15) is 0 Å². The van der Waals surface area contributed by atoms with Gasteiger partial charge in [-0.25, -0.2) is 0 Å². The average molecular weight is 276 g/mol. The molecule has 1 aromatic carbocycles. The predicted molar refractivity (Wildman–Crippen MR) is 73.7 cm³/mol. The Balaban J connectivity index is 3.01. The van der Waals surface area contributed by atoms with E-state index in [9.17, 15) is 5.11 Å². The van der Waals surface area contributed by atoms with E-state index in [1.54, 1.807) is 18.2 Å². The highest BCUT2D eigenvalue weighted by Gasteiger charge is 2.24. The van der Waals surface area contributed by atoms with Gasteiger partial charge in [0.25, 0.3) is 0 Å². The Morgan fingerprint density at radius 1 is 1.24 bits per heavy atom. The van der Waals surface area contributed by atoms with Gasteiger partial charge in [-0.15, -0.1) is 0 Å². The van der Waals surface area contributed by atoms with Crippen molar-refractivity contribution < 1.29 is 5.11 Å². The molecule has 4 heteroatoms. The van der Waals surface area contributed by atoms with Crippen LogP contribution in [0.5, 0.6) is 0 Å². The molecule has 0 spiro atoms. The lowest BCUT2D eigenvalue weighted by Gasteiger charge is -2.25. The monoisotopic (exact) mass is 275 g/mol. The first-order valence-corrected chi connectivity index (χ1v) is 6.55. The lowest BCUT2D eigenvalue weighted by molar-refractivity contribution is 0.121. The van der Waals surface area contributed by atoms with Crippen LogP contribution in [0.25, 0.3) is 0 Å². The molecule has 96 valence electrons. The molecule has 0 aliphatic heterocycles. The largest absolute Gasteiger partial charge is 0.392 e. The molecule has 0 fully saturated rings. The van der Waals surface area contributed by atoms with E-state index >= 15 is 0 Å². The highest BCUT2D eigenvalue weighted by molar-refractivity contribution is 6.36. The fourth-order valence-corrected chi connectivity index (χ4v) is 2.66. The fraction of sp³-hybridized carbons (Fsp3) is 0.538. The zero-order valence-corrected chi connectivity index (χ0v) is 11.7. The third-order valence-electron chi connectivity index (χ3n) is 2.80. The summed E-state index contributed by atoms with van der Waals surface area (Å²) >= 11 is 12.3. The Morgan fingerprint density at radius 3 is 2.18 bits per heavy atom. The molecule has 0 aliphatic rings. The van der Waals surface area contributed by atoms with E-state index in [4.69, 9.17) is 28.9 Å². The summed E-state index contributed by atoms with van der Waals surface area (Å²) in [6.07, 6.45) is 0.168. The van der Waals surface area contributed by atoms with Gasteiger partial charge in [0.1, 0.15) is 0 Å². The number of aliphatic hydroxyl groups excluding tert-OH is 1. The van der Waals surface area contributed by atoms with Crippen LogP contribution in [0.2, 0.25) is 10.0 Å². The molecule has 2 atom stereocenters. The minimum absolute atomic E-state index is 0.210. The van der Waals surface area contributed by atoms with Crippen molar-refractivity contribution in [1.29, 1.82) is 0 Å². The van der Waals surface area contributed by atoms with Gasteiger partial charge in [-0.05, 0) is 30.0 Å². The van der Waals surface area contributed by atoms with Crippen LogP contribution in [0.1, 0.15) is 31.7 Å². The SMILES string of the molecule is CC(C)CC(O)C(CN)c1c(Cl)cccc1Cl. The van der Waals surface area contributed by atoms with Crippen molar-refractivity contribution in [1.82, 2.24) is 0 Å². The molecule has 0 saturated heterocycles. The highest BCUT2D eigenvalue weighted by Crippen LogP contribution is 2.34. The van der Waals surface area contributed by atoms with Gasteiger partial charge in [-0.1, -0.05) is 43.1 Å². The zero-order chi connectivity index (χ0) is 13.0. The number of benzene rings is 1. The van der Waals surface area contributed by atoms with Gasteiger partial charge < -0.3 is 10.8 Å². The van der Waals surface area contributed by atoms with Gasteiger partial charge in [0.2, 0.25) is 0 Å². The summed E-state index contributed by atoms with van der Waals surface area (Å²) in [6.45, 7) is 4.45. The third kappa shape index (κ3) is 3.85. The number of hydrogen-bond donors (Lipinski definition) is 2. The first-order valence-electron chi connectivity index (χ1n) is 5.79. The van der Waals surface area contributed by atoms with Crippen molar-refractivity contribution in [3.8, 4) is 0 Å². The summed E-state index contributed by atoms with van der Waals surface area (Å²) in [5.74, 6) is 0.193. The second kappa shape index (κ2) is 6.60. The molecule has 2 nitrogen and oxygen atoms in total. The maximum Gasteiger partial charge on any atom is 0.0624 e. The molecule has 0 saturated carbocycles. The molecule has 17 heavy (non-hydrogen) atoms. The predicted octanol–water partition coefficient (Wildman–Crippen LogP) is 3.44. The Bertz CT molecular complexity index is 348. The number of rotatable bonds is 5. The number of halogens is 2. The normalized spacial score (nSPS) is 15.0. The van der Waals surface area contributed by atoms with Crippen molar-refractivity contribution in [2.24, 2.45) is 11.7 Å². The van der Waals surface area contributed by atoms with E-state index in [1.807, 2.05) is 0 Å². The van der Waals surface area contributed by atoms with Crippen molar-refractivity contribution in [2.75, 3.05) is 6.54 Å². The maximum atomic E-state index is 10.2. The molecule has 0 aliphatic carbocycles. The second-order valence-electron chi connectivity index (χ2n) is 4.67. The van der Waals surface area contributed by atoms with E-state index < -0.39 is 6.10 Å². The zero-order valence-electron chi connectivity index (χ0n) is 10.2. The lowest BCUT2D eigenvalue weighted by Crippen LogP contribution is -2.27. The van der Waals surface area contributed by atoms with Crippen LogP contribution in [0.15, 0.2) is 18.2 Å². The van der Waals surface area contributed by atoms with Crippen LogP contribution >= 0.6 is 23.2 Å². The summed E-state index contributed by atoms with van der Waals surface area (Å²) in [4.78, 5) is 0. The summed E-state index contributed by atoms with van der Waals surface area (Å²) in [5.41, 5.74) is 6.50. The minimum atomic E-state index is -0.516. The van der Waals surface area contributed by atoms with Crippen LogP contribution in [0.4, 0.5) is 0 Å². The highest BCUT2D eigenvalue weighted by atomic mass is 35.5. The van der Waals surface area contributed by atoms with Crippen LogP contribution < -0.4 is 5.73 Å². The molecule has 0 aromatic heterocycles. The number of nitrogens with two attached hydrogens (primary N) is 1. The van der Waals surface area contributed by atoms with E-state index in [0.717, 1.165) is 5.56 Å². The maximum absolute atomic E-state index is 10.2. The summed E-state index contributed by atoms with van der Waals surface area (Å²) in [7, 11) is 0. The van der Waals surface area contributed by atoms with Gasteiger partial charge in [-0.3, -0.25) is 0 Å². The smallest absolute Gasteiger partial charge is 0.0624 e. The topological polar surface area (TPSA) is 46.2 Å². The van der Waals surface area contributed by atoms with Crippen LogP contribution in [-0.4, -0.2) is 17.8 Å². The molecule has 3 N–H and O–H groups in total. The summed E-state index contributed by atoms with van der Waals surface area (Å²) in [5, 5.41) is 11.3. The lowest BCUT2D eigenvalue weighted by atomic mass is 9.88. The van der Waals surface area contributed by atoms with Gasteiger partial charge >= 0.3 is 0 Å². The number of hydrogen-bond acceptors (Lipinski definition) is 2. The van der Waals surface area contributed by atoms with Gasteiger partial charge in [0.15, 0.2) is 0 Å². The first kappa shape index (κ1) is 14.8. The Hall–Kier alpha value is -0.280. The molecule has 0 radical (unpaired) electrons. The second-order valence-corrected chi connectivity index (χ2v) is 5.49. The standard InChI is InChI=1S/C13H19Cl2NO/c1-8(2)6-12(17)9(7-16)13-10(14)4-3-5-11(13)15/h3-5,8-9,12,17H,6-7,16H2,1-2H3. The van der Waals surface area contributed by atoms with E-state index in [2.05, 4.69) is 13.8 Å². The summed E-state index contributed by atoms with van der Waals surface area (Å²) in [6, 6.07) is 5.33. The van der Waals surface area contributed by atoms with Crippen molar-refractivity contribution in [3.05, 3.63) is 33.8 Å². The van der Waals surface area contributed by atoms with Crippen molar-refractivity contribution >= 4 is 23.2 Å².